The molecule has 1 amide bonds. The van der Waals surface area contributed by atoms with Crippen LogP contribution in [-0.4, -0.2) is 31.9 Å². The number of carbonyl (C=O) groups is 1. The molecule has 1 N–H and O–H groups in total. The molecule has 0 saturated heterocycles. The van der Waals surface area contributed by atoms with Gasteiger partial charge in [-0.15, -0.1) is 0 Å². The number of amides is 1. The molecule has 0 fully saturated rings. The zero-order valence-corrected chi connectivity index (χ0v) is 13.5. The third-order valence-corrected chi connectivity index (χ3v) is 3.74. The van der Waals surface area contributed by atoms with Gasteiger partial charge in [-0.1, -0.05) is 29.4 Å². The van der Waals surface area contributed by atoms with Gasteiger partial charge in [-0.25, -0.2) is 0 Å². The molecule has 1 heterocycles. The molecule has 0 spiro atoms. The van der Waals surface area contributed by atoms with Crippen molar-refractivity contribution in [3.8, 4) is 11.5 Å². The van der Waals surface area contributed by atoms with Crippen molar-refractivity contribution in [2.24, 2.45) is 5.16 Å². The number of ether oxygens (including phenoxy) is 2. The summed E-state index contributed by atoms with van der Waals surface area (Å²) in [7, 11) is 3.15. The van der Waals surface area contributed by atoms with E-state index in [9.17, 15) is 4.79 Å². The van der Waals surface area contributed by atoms with Crippen molar-refractivity contribution < 1.29 is 19.1 Å². The Hall–Kier alpha value is -3.02. The summed E-state index contributed by atoms with van der Waals surface area (Å²) in [5, 5.41) is 6.86. The number of benzene rings is 2. The lowest BCUT2D eigenvalue weighted by molar-refractivity contribution is -0.125. The minimum absolute atomic E-state index is 0.270. The van der Waals surface area contributed by atoms with Crippen LogP contribution in [0.4, 0.5) is 5.69 Å². The van der Waals surface area contributed by atoms with Gasteiger partial charge in [-0.3, -0.25) is 4.79 Å². The first-order valence-corrected chi connectivity index (χ1v) is 7.53. The largest absolute Gasteiger partial charge is 0.496 e. The quantitative estimate of drug-likeness (QED) is 0.917. The zero-order valence-electron chi connectivity index (χ0n) is 13.5. The number of nitrogens with one attached hydrogen (secondary N) is 1. The lowest BCUT2D eigenvalue weighted by atomic mass is 10.0. The minimum Gasteiger partial charge on any atom is -0.496 e. The summed E-state index contributed by atoms with van der Waals surface area (Å²) in [6.07, 6.45) is -0.309. The summed E-state index contributed by atoms with van der Waals surface area (Å²) in [6, 6.07) is 14.7. The normalized spacial score (nSPS) is 16.1. The fourth-order valence-electron chi connectivity index (χ4n) is 2.52. The van der Waals surface area contributed by atoms with Crippen LogP contribution in [0.25, 0.3) is 0 Å². The summed E-state index contributed by atoms with van der Waals surface area (Å²) in [5.41, 5.74) is 2.11. The second-order valence-corrected chi connectivity index (χ2v) is 5.23. The van der Waals surface area contributed by atoms with Gasteiger partial charge >= 0.3 is 0 Å². The lowest BCUT2D eigenvalue weighted by Crippen LogP contribution is -2.28. The topological polar surface area (TPSA) is 69.2 Å². The molecule has 24 heavy (non-hydrogen) atoms. The van der Waals surface area contributed by atoms with Crippen molar-refractivity contribution in [3.63, 3.8) is 0 Å². The molecule has 3 rings (SSSR count). The second-order valence-electron chi connectivity index (χ2n) is 5.23. The first-order valence-electron chi connectivity index (χ1n) is 7.53. The van der Waals surface area contributed by atoms with Gasteiger partial charge in [0, 0.05) is 12.0 Å². The van der Waals surface area contributed by atoms with E-state index >= 15 is 0 Å². The van der Waals surface area contributed by atoms with E-state index in [2.05, 4.69) is 10.5 Å². The standard InChI is InChI=1S/C18H18N2O4/c1-22-15-9-5-3-7-12(15)14-11-17(24-20-14)18(21)19-13-8-4-6-10-16(13)23-2/h3-10,17H,11H2,1-2H3,(H,19,21). The van der Waals surface area contributed by atoms with Crippen LogP contribution in [0, 0.1) is 0 Å². The number of carbonyl (C=O) groups excluding carboxylic acids is 1. The summed E-state index contributed by atoms with van der Waals surface area (Å²) >= 11 is 0. The van der Waals surface area contributed by atoms with Crippen LogP contribution < -0.4 is 14.8 Å². The number of para-hydroxylation sites is 3. The Balaban J connectivity index is 1.69. The molecule has 0 radical (unpaired) electrons. The SMILES string of the molecule is COc1ccccc1NC(=O)C1CC(c2ccccc2OC)=NO1. The summed E-state index contributed by atoms with van der Waals surface area (Å²) < 4.78 is 10.6. The third kappa shape index (κ3) is 3.17. The lowest BCUT2D eigenvalue weighted by Gasteiger charge is -2.12. The Bertz CT molecular complexity index is 773. The predicted molar refractivity (Wildman–Crippen MR) is 90.6 cm³/mol. The van der Waals surface area contributed by atoms with E-state index in [1.165, 1.54) is 0 Å². The van der Waals surface area contributed by atoms with E-state index in [-0.39, 0.29) is 5.91 Å². The highest BCUT2D eigenvalue weighted by Crippen LogP contribution is 2.27. The molecule has 1 unspecified atom stereocenters. The zero-order chi connectivity index (χ0) is 16.9. The van der Waals surface area contributed by atoms with Crippen LogP contribution in [0.1, 0.15) is 12.0 Å². The van der Waals surface area contributed by atoms with Gasteiger partial charge in [-0.2, -0.15) is 0 Å². The van der Waals surface area contributed by atoms with Gasteiger partial charge in [0.1, 0.15) is 11.5 Å². The number of methoxy groups -OCH3 is 2. The Morgan fingerprint density at radius 1 is 1.08 bits per heavy atom. The Labute approximate surface area is 140 Å². The van der Waals surface area contributed by atoms with E-state index in [0.29, 0.717) is 29.3 Å². The molecule has 6 nitrogen and oxygen atoms in total. The second kappa shape index (κ2) is 7.04. The number of hydrogen-bond acceptors (Lipinski definition) is 5. The van der Waals surface area contributed by atoms with E-state index < -0.39 is 6.10 Å². The van der Waals surface area contributed by atoms with Crippen LogP contribution >= 0.6 is 0 Å². The fraction of sp³-hybridized carbons (Fsp3) is 0.222. The monoisotopic (exact) mass is 326 g/mol. The molecule has 1 aliphatic heterocycles. The maximum absolute atomic E-state index is 12.4. The summed E-state index contributed by atoms with van der Waals surface area (Å²) in [5.74, 6) is 1.02. The van der Waals surface area contributed by atoms with E-state index in [1.807, 2.05) is 36.4 Å². The number of oxime groups is 1. The van der Waals surface area contributed by atoms with E-state index in [1.54, 1.807) is 26.4 Å². The average molecular weight is 326 g/mol. The van der Waals surface area contributed by atoms with E-state index in [4.69, 9.17) is 14.3 Å². The number of anilines is 1. The molecule has 1 aliphatic rings. The van der Waals surface area contributed by atoms with Crippen molar-refractivity contribution in [3.05, 3.63) is 54.1 Å². The Kier molecular flexibility index (Phi) is 4.65. The molecule has 2 aromatic carbocycles. The van der Waals surface area contributed by atoms with Crippen LogP contribution in [0.15, 0.2) is 53.7 Å². The van der Waals surface area contributed by atoms with Crippen LogP contribution in [-0.2, 0) is 9.63 Å². The Morgan fingerprint density at radius 3 is 2.50 bits per heavy atom. The van der Waals surface area contributed by atoms with Gasteiger partial charge in [0.2, 0.25) is 6.10 Å². The molecule has 1 atom stereocenters. The smallest absolute Gasteiger partial charge is 0.268 e. The number of nitrogens with zero attached hydrogens (tertiary/aromatic N) is 1. The van der Waals surface area contributed by atoms with Crippen molar-refractivity contribution >= 4 is 17.3 Å². The van der Waals surface area contributed by atoms with Crippen molar-refractivity contribution in [1.82, 2.24) is 0 Å². The first-order chi connectivity index (χ1) is 11.7. The van der Waals surface area contributed by atoms with Crippen LogP contribution in [0.5, 0.6) is 11.5 Å². The van der Waals surface area contributed by atoms with Crippen molar-refractivity contribution in [2.45, 2.75) is 12.5 Å². The van der Waals surface area contributed by atoms with Crippen LogP contribution in [0.3, 0.4) is 0 Å². The van der Waals surface area contributed by atoms with Gasteiger partial charge in [0.25, 0.3) is 5.91 Å². The number of hydrogen-bond donors (Lipinski definition) is 1. The highest BCUT2D eigenvalue weighted by atomic mass is 16.6. The van der Waals surface area contributed by atoms with E-state index in [0.717, 1.165) is 5.56 Å². The third-order valence-electron chi connectivity index (χ3n) is 3.74. The molecule has 2 aromatic rings. The highest BCUT2D eigenvalue weighted by molar-refractivity contribution is 6.07. The van der Waals surface area contributed by atoms with Gasteiger partial charge in [-0.05, 0) is 24.3 Å². The molecular weight excluding hydrogens is 308 g/mol. The molecule has 6 heteroatoms. The fourth-order valence-corrected chi connectivity index (χ4v) is 2.52. The highest BCUT2D eigenvalue weighted by Gasteiger charge is 2.30. The molecule has 0 aliphatic carbocycles. The summed E-state index contributed by atoms with van der Waals surface area (Å²) in [6.45, 7) is 0. The maximum atomic E-state index is 12.4. The summed E-state index contributed by atoms with van der Waals surface area (Å²) in [4.78, 5) is 17.7. The van der Waals surface area contributed by atoms with Crippen LogP contribution in [0.2, 0.25) is 0 Å². The van der Waals surface area contributed by atoms with Gasteiger partial charge < -0.3 is 19.6 Å². The molecule has 0 aromatic heterocycles. The molecule has 124 valence electrons. The van der Waals surface area contributed by atoms with Gasteiger partial charge in [0.05, 0.1) is 25.6 Å². The van der Waals surface area contributed by atoms with Crippen molar-refractivity contribution in [2.75, 3.05) is 19.5 Å². The first kappa shape index (κ1) is 15.9. The molecule has 0 bridgehead atoms. The minimum atomic E-state index is -0.685. The molecule has 0 saturated carbocycles. The average Bonchev–Trinajstić information content (AvgIpc) is 3.12. The van der Waals surface area contributed by atoms with Gasteiger partial charge in [0.15, 0.2) is 0 Å². The maximum Gasteiger partial charge on any atom is 0.268 e. The predicted octanol–water partition coefficient (Wildman–Crippen LogP) is 2.84. The molecular formula is C18H18N2O4. The van der Waals surface area contributed by atoms with Crippen molar-refractivity contribution in [1.29, 1.82) is 0 Å². The Morgan fingerprint density at radius 2 is 1.75 bits per heavy atom. The number of rotatable bonds is 5.